The van der Waals surface area contributed by atoms with Gasteiger partial charge in [0.1, 0.15) is 18.7 Å². The van der Waals surface area contributed by atoms with Crippen molar-refractivity contribution in [1.82, 2.24) is 5.32 Å². The molecule has 7 heteroatoms. The van der Waals surface area contributed by atoms with E-state index in [0.717, 1.165) is 75.5 Å². The largest absolute Gasteiger partial charge is 0.379 e. The van der Waals surface area contributed by atoms with Gasteiger partial charge < -0.3 is 30.9 Å². The maximum atomic E-state index is 11.3. The molecule has 0 aromatic heterocycles. The number of hydrogen-bond donors (Lipinski definition) is 6. The first-order chi connectivity index (χ1) is 20.8. The third kappa shape index (κ3) is 11.8. The van der Waals surface area contributed by atoms with Gasteiger partial charge in [-0.1, -0.05) is 64.7 Å². The Morgan fingerprint density at radius 2 is 1.26 bits per heavy atom. The molecular weight excluding hydrogens is 540 g/mol. The van der Waals surface area contributed by atoms with Crippen molar-refractivity contribution in [2.24, 2.45) is 47.2 Å². The Balaban J connectivity index is 1.27. The Morgan fingerprint density at radius 1 is 0.698 bits per heavy atom. The summed E-state index contributed by atoms with van der Waals surface area (Å²) in [5, 5.41) is 46.0. The third-order valence-electron chi connectivity index (χ3n) is 12.4. The first-order valence-electron chi connectivity index (χ1n) is 18.7. The van der Waals surface area contributed by atoms with Crippen LogP contribution in [0.1, 0.15) is 155 Å². The number of rotatable bonds is 16. The smallest absolute Gasteiger partial charge is 0.155 e. The summed E-state index contributed by atoms with van der Waals surface area (Å²) in [7, 11) is 0. The van der Waals surface area contributed by atoms with Crippen LogP contribution in [-0.2, 0) is 4.74 Å². The minimum absolute atomic E-state index is 0.125. The Hall–Kier alpha value is -0.280. The fourth-order valence-electron chi connectivity index (χ4n) is 9.53. The molecule has 0 amide bonds. The summed E-state index contributed by atoms with van der Waals surface area (Å²) in [5.41, 5.74) is 5.76. The highest BCUT2D eigenvalue weighted by molar-refractivity contribution is 4.85. The summed E-state index contributed by atoms with van der Waals surface area (Å²) in [6.07, 6.45) is 22.7. The van der Waals surface area contributed by atoms with E-state index < -0.39 is 25.0 Å². The molecule has 4 fully saturated rings. The van der Waals surface area contributed by atoms with Gasteiger partial charge >= 0.3 is 0 Å². The molecule has 43 heavy (non-hydrogen) atoms. The lowest BCUT2D eigenvalue weighted by Crippen LogP contribution is -2.45. The highest BCUT2D eigenvalue weighted by atomic mass is 16.6. The van der Waals surface area contributed by atoms with E-state index in [4.69, 9.17) is 10.5 Å². The average molecular weight is 609 g/mol. The van der Waals surface area contributed by atoms with E-state index in [1.165, 1.54) is 77.0 Å². The van der Waals surface area contributed by atoms with Crippen LogP contribution in [0.4, 0.5) is 0 Å². The first kappa shape index (κ1) is 35.6. The predicted molar refractivity (Wildman–Crippen MR) is 173 cm³/mol. The number of nitrogens with one attached hydrogen (secondary N) is 1. The van der Waals surface area contributed by atoms with Gasteiger partial charge in [0.25, 0.3) is 0 Å². The molecule has 7 nitrogen and oxygen atoms in total. The summed E-state index contributed by atoms with van der Waals surface area (Å²) < 4.78 is 6.07. The molecule has 0 bridgehead atoms. The zero-order valence-corrected chi connectivity index (χ0v) is 27.5. The third-order valence-corrected chi connectivity index (χ3v) is 12.4. The van der Waals surface area contributed by atoms with Crippen LogP contribution in [0.3, 0.4) is 0 Å². The van der Waals surface area contributed by atoms with Crippen LogP contribution in [0, 0.1) is 41.4 Å². The van der Waals surface area contributed by atoms with Gasteiger partial charge in [-0.3, -0.25) is 5.32 Å². The van der Waals surface area contributed by atoms with E-state index in [1.807, 2.05) is 0 Å². The lowest BCUT2D eigenvalue weighted by molar-refractivity contribution is -0.161. The minimum atomic E-state index is -0.869. The molecule has 7 N–H and O–H groups in total. The van der Waals surface area contributed by atoms with Crippen LogP contribution in [0.5, 0.6) is 0 Å². The van der Waals surface area contributed by atoms with Gasteiger partial charge in [-0.15, -0.1) is 0 Å². The summed E-state index contributed by atoms with van der Waals surface area (Å²) in [6.45, 7) is 2.31. The van der Waals surface area contributed by atoms with Crippen molar-refractivity contribution < 1.29 is 25.2 Å². The molecule has 4 rings (SSSR count). The molecule has 0 spiro atoms. The van der Waals surface area contributed by atoms with E-state index in [0.29, 0.717) is 24.7 Å². The summed E-state index contributed by atoms with van der Waals surface area (Å²) >= 11 is 0. The summed E-state index contributed by atoms with van der Waals surface area (Å²) in [6, 6.07) is 0. The highest BCUT2D eigenvalue weighted by Crippen LogP contribution is 2.44. The average Bonchev–Trinajstić information content (AvgIpc) is 3.02. The Morgan fingerprint density at radius 3 is 1.81 bits per heavy atom. The molecule has 4 aliphatic rings. The van der Waals surface area contributed by atoms with Crippen LogP contribution >= 0.6 is 0 Å². The van der Waals surface area contributed by atoms with Crippen LogP contribution in [0.15, 0.2) is 0 Å². The van der Waals surface area contributed by atoms with Crippen LogP contribution in [0.25, 0.3) is 0 Å². The molecule has 0 aliphatic heterocycles. The second-order valence-electron chi connectivity index (χ2n) is 15.3. The number of hydrogen-bond acceptors (Lipinski definition) is 7. The van der Waals surface area contributed by atoms with E-state index in [2.05, 4.69) is 12.2 Å². The summed E-state index contributed by atoms with van der Waals surface area (Å²) in [4.78, 5) is 0. The lowest BCUT2D eigenvalue weighted by atomic mass is 9.66. The molecule has 0 radical (unpaired) electrons. The fourth-order valence-corrected chi connectivity index (χ4v) is 9.53. The minimum Gasteiger partial charge on any atom is -0.379 e. The van der Waals surface area contributed by atoms with Crippen molar-refractivity contribution in [2.45, 2.75) is 186 Å². The molecule has 0 aromatic rings. The van der Waals surface area contributed by atoms with E-state index >= 15 is 0 Å². The van der Waals surface area contributed by atoms with Gasteiger partial charge in [-0.2, -0.15) is 0 Å². The Kier molecular flexibility index (Phi) is 15.5. The predicted octanol–water partition coefficient (Wildman–Crippen LogP) is 6.55. The molecule has 4 aliphatic carbocycles. The SMILES string of the molecule is CCC(CCC(CC(O)OC1CCCCC1)C(O)N[C@H](O)CC1CCCCC1)C1CCC(C2CCC(C(N)O)CC2)CC1. The summed E-state index contributed by atoms with van der Waals surface area (Å²) in [5.74, 6) is 3.64. The van der Waals surface area contributed by atoms with Gasteiger partial charge in [-0.05, 0) is 119 Å². The number of aliphatic hydroxyl groups is 4. The molecule has 0 heterocycles. The van der Waals surface area contributed by atoms with E-state index in [9.17, 15) is 20.4 Å². The van der Waals surface area contributed by atoms with Crippen molar-refractivity contribution in [3.05, 3.63) is 0 Å². The maximum absolute atomic E-state index is 11.3. The number of nitrogens with two attached hydrogens (primary N) is 1. The zero-order chi connectivity index (χ0) is 30.6. The van der Waals surface area contributed by atoms with Gasteiger partial charge in [0, 0.05) is 12.3 Å². The number of aliphatic hydroxyl groups excluding tert-OH is 4. The quantitative estimate of drug-likeness (QED) is 0.110. The topological polar surface area (TPSA) is 128 Å². The maximum Gasteiger partial charge on any atom is 0.155 e. The van der Waals surface area contributed by atoms with Gasteiger partial charge in [0.2, 0.25) is 0 Å². The molecule has 0 aromatic carbocycles. The molecular formula is C36H68N2O5. The van der Waals surface area contributed by atoms with Crippen LogP contribution < -0.4 is 11.1 Å². The fraction of sp³-hybridized carbons (Fsp3) is 1.00. The van der Waals surface area contributed by atoms with Gasteiger partial charge in [0.15, 0.2) is 6.29 Å². The normalized spacial score (nSPS) is 32.5. The van der Waals surface area contributed by atoms with Crippen molar-refractivity contribution in [3.63, 3.8) is 0 Å². The van der Waals surface area contributed by atoms with Crippen LogP contribution in [0.2, 0.25) is 0 Å². The van der Waals surface area contributed by atoms with Crippen LogP contribution in [-0.4, -0.2) is 51.5 Å². The van der Waals surface area contributed by atoms with Gasteiger partial charge in [0.05, 0.1) is 6.10 Å². The Bertz CT molecular complexity index is 727. The standard InChI is InChI=1S/C36H68N2O5/c1-2-26(27-14-16-28(17-15-27)29-18-20-30(21-19-29)35(37)41)13-22-31(24-34(40)43-32-11-7-4-8-12-32)36(42)38-33(39)23-25-9-5-3-6-10-25/h25-36,38-42H,2-24,37H2,1H3/t26?,27?,28?,29?,30?,31?,33-,34?,35?,36?/m1/s1. The zero-order valence-electron chi connectivity index (χ0n) is 27.5. The van der Waals surface area contributed by atoms with E-state index in [1.54, 1.807) is 0 Å². The highest BCUT2D eigenvalue weighted by Gasteiger charge is 2.35. The molecule has 4 saturated carbocycles. The van der Waals surface area contributed by atoms with Crippen molar-refractivity contribution in [1.29, 1.82) is 0 Å². The van der Waals surface area contributed by atoms with Crippen molar-refractivity contribution in [3.8, 4) is 0 Å². The second-order valence-corrected chi connectivity index (χ2v) is 15.3. The molecule has 5 unspecified atom stereocenters. The number of ether oxygens (including phenoxy) is 1. The molecule has 6 atom stereocenters. The molecule has 0 saturated heterocycles. The molecule has 252 valence electrons. The lowest BCUT2D eigenvalue weighted by Gasteiger charge is -2.40. The van der Waals surface area contributed by atoms with Crippen molar-refractivity contribution >= 4 is 0 Å². The second kappa shape index (κ2) is 18.8. The van der Waals surface area contributed by atoms with E-state index in [-0.39, 0.29) is 17.9 Å². The first-order valence-corrected chi connectivity index (χ1v) is 18.7. The van der Waals surface area contributed by atoms with Gasteiger partial charge in [-0.25, -0.2) is 0 Å². The Labute approximate surface area is 263 Å². The van der Waals surface area contributed by atoms with Crippen molar-refractivity contribution in [2.75, 3.05) is 0 Å². The monoisotopic (exact) mass is 609 g/mol.